The maximum absolute atomic E-state index is 13.8. The zero-order valence-electron chi connectivity index (χ0n) is 23.9. The lowest BCUT2D eigenvalue weighted by molar-refractivity contribution is -0.144. The summed E-state index contributed by atoms with van der Waals surface area (Å²) in [7, 11) is -8.03. The molecule has 1 aliphatic heterocycles. The zero-order valence-corrected chi connectivity index (χ0v) is 26.3. The fraction of sp³-hybridized carbons (Fsp3) is 0.478. The Bertz CT molecular complexity index is 1660. The van der Waals surface area contributed by atoms with E-state index in [1.807, 2.05) is 0 Å². The van der Waals surface area contributed by atoms with Gasteiger partial charge in [-0.2, -0.15) is 15.1 Å². The number of nitrogens with two attached hydrogens (primary N) is 1. The van der Waals surface area contributed by atoms with Gasteiger partial charge in [-0.25, -0.2) is 18.0 Å². The first-order valence-electron chi connectivity index (χ1n) is 13.0. The van der Waals surface area contributed by atoms with Crippen molar-refractivity contribution in [3.8, 4) is 5.75 Å². The average molecular weight is 679 g/mol. The number of carbonyl (C=O) groups is 1. The number of hydrazine groups is 1. The molecule has 0 bridgehead atoms. The largest absolute Gasteiger partial charge is 0.465 e. The minimum absolute atomic E-state index is 0.0241. The van der Waals surface area contributed by atoms with Crippen molar-refractivity contribution in [2.75, 3.05) is 30.6 Å². The van der Waals surface area contributed by atoms with Gasteiger partial charge in [0.25, 0.3) is 0 Å². The van der Waals surface area contributed by atoms with Gasteiger partial charge < -0.3 is 29.9 Å². The summed E-state index contributed by atoms with van der Waals surface area (Å²) < 4.78 is 60.2. The van der Waals surface area contributed by atoms with Gasteiger partial charge in [0.2, 0.25) is 16.0 Å². The van der Waals surface area contributed by atoms with E-state index in [0.29, 0.717) is 5.02 Å². The number of rotatable bonds is 13. The number of halogens is 1. The third-order valence-electron chi connectivity index (χ3n) is 6.24. The van der Waals surface area contributed by atoms with E-state index in [4.69, 9.17) is 35.9 Å². The van der Waals surface area contributed by atoms with Gasteiger partial charge >= 0.3 is 13.7 Å². The van der Waals surface area contributed by atoms with Crippen molar-refractivity contribution in [2.45, 2.75) is 50.8 Å². The SMILES string of the molecule is CCOC(=O)C(C)NP(=O)(OCC1O[C@@H](n2cnc3c(NNS(C)(=O)=O)nc(N)nc32)[C@](C)(O)[C@@H]1O)Oc1ccc(Cl)cc1. The molecule has 3 unspecified atom stereocenters. The van der Waals surface area contributed by atoms with Gasteiger partial charge in [-0.1, -0.05) is 11.6 Å². The lowest BCUT2D eigenvalue weighted by Gasteiger charge is -2.27. The molecule has 2 aromatic heterocycles. The number of benzene rings is 1. The van der Waals surface area contributed by atoms with Crippen LogP contribution in [0.3, 0.4) is 0 Å². The van der Waals surface area contributed by atoms with Crippen LogP contribution in [-0.4, -0.2) is 87.4 Å². The number of nitrogen functional groups attached to an aromatic ring is 1. The van der Waals surface area contributed by atoms with Gasteiger partial charge in [-0.15, -0.1) is 4.83 Å². The number of aliphatic hydroxyl groups is 2. The maximum atomic E-state index is 13.8. The number of anilines is 2. The van der Waals surface area contributed by atoms with E-state index >= 15 is 0 Å². The van der Waals surface area contributed by atoms with Crippen LogP contribution in [-0.2, 0) is 33.4 Å². The van der Waals surface area contributed by atoms with E-state index in [2.05, 4.69) is 30.3 Å². The second-order valence-corrected chi connectivity index (χ2v) is 13.8. The van der Waals surface area contributed by atoms with Crippen LogP contribution < -0.4 is 25.6 Å². The molecule has 1 saturated heterocycles. The molecule has 7 N–H and O–H groups in total. The first-order chi connectivity index (χ1) is 20.5. The summed E-state index contributed by atoms with van der Waals surface area (Å²) >= 11 is 5.92. The first kappa shape index (κ1) is 33.8. The molecule has 0 amide bonds. The van der Waals surface area contributed by atoms with Crippen LogP contribution >= 0.6 is 19.3 Å². The van der Waals surface area contributed by atoms with Crippen LogP contribution in [0.4, 0.5) is 11.8 Å². The summed E-state index contributed by atoms with van der Waals surface area (Å²) in [6.45, 7) is 3.79. The molecule has 1 aliphatic rings. The Kier molecular flexibility index (Phi) is 10.0. The number of carbonyl (C=O) groups excluding carboxylic acids is 1. The van der Waals surface area contributed by atoms with Crippen LogP contribution in [0, 0.1) is 0 Å². The number of nitrogens with one attached hydrogen (secondary N) is 3. The third-order valence-corrected chi connectivity index (χ3v) is 8.61. The van der Waals surface area contributed by atoms with Gasteiger partial charge in [0, 0.05) is 5.02 Å². The van der Waals surface area contributed by atoms with Crippen molar-refractivity contribution in [1.29, 1.82) is 0 Å². The predicted molar refractivity (Wildman–Crippen MR) is 157 cm³/mol. The average Bonchev–Trinajstić information content (AvgIpc) is 3.44. The van der Waals surface area contributed by atoms with E-state index in [-0.39, 0.29) is 35.3 Å². The number of hydrogen-bond donors (Lipinski definition) is 6. The summed E-state index contributed by atoms with van der Waals surface area (Å²) in [5.41, 5.74) is 6.29. The van der Waals surface area contributed by atoms with E-state index in [9.17, 15) is 28.0 Å². The summed E-state index contributed by atoms with van der Waals surface area (Å²) in [4.78, 5) is 26.5. The lowest BCUT2D eigenvalue weighted by atomic mass is 9.96. The quantitative estimate of drug-likeness (QED) is 0.0826. The Hall–Kier alpha value is -3.13. The highest BCUT2D eigenvalue weighted by Gasteiger charge is 2.54. The molecule has 21 heteroatoms. The molecule has 0 radical (unpaired) electrons. The Morgan fingerprint density at radius 3 is 2.64 bits per heavy atom. The molecule has 242 valence electrons. The molecule has 3 heterocycles. The topological polar surface area (TPSA) is 251 Å². The maximum Gasteiger partial charge on any atom is 0.459 e. The molecule has 3 aromatic rings. The molecule has 6 atom stereocenters. The highest BCUT2D eigenvalue weighted by atomic mass is 35.5. The molecule has 18 nitrogen and oxygen atoms in total. The second-order valence-electron chi connectivity index (χ2n) is 9.89. The molecular formula is C23H32ClN8O10PS. The molecule has 44 heavy (non-hydrogen) atoms. The predicted octanol–water partition coefficient (Wildman–Crippen LogP) is 0.692. The van der Waals surface area contributed by atoms with Crippen molar-refractivity contribution >= 4 is 58.3 Å². The van der Waals surface area contributed by atoms with Gasteiger partial charge in [0.1, 0.15) is 29.6 Å². The number of esters is 1. The van der Waals surface area contributed by atoms with E-state index in [1.165, 1.54) is 49.0 Å². The number of nitrogens with zero attached hydrogens (tertiary/aromatic N) is 4. The van der Waals surface area contributed by atoms with Crippen molar-refractivity contribution in [1.82, 2.24) is 29.4 Å². The number of sulfonamides is 1. The van der Waals surface area contributed by atoms with Crippen molar-refractivity contribution in [3.05, 3.63) is 35.6 Å². The van der Waals surface area contributed by atoms with Gasteiger partial charge in [-0.3, -0.25) is 19.3 Å². The highest BCUT2D eigenvalue weighted by Crippen LogP contribution is 2.47. The minimum Gasteiger partial charge on any atom is -0.465 e. The Morgan fingerprint density at radius 1 is 1.32 bits per heavy atom. The smallest absolute Gasteiger partial charge is 0.459 e. The molecule has 0 aliphatic carbocycles. The number of aromatic nitrogens is 4. The minimum atomic E-state index is -4.35. The molecular weight excluding hydrogens is 647 g/mol. The number of ether oxygens (including phenoxy) is 2. The lowest BCUT2D eigenvalue weighted by Crippen LogP contribution is -2.44. The monoisotopic (exact) mass is 678 g/mol. The first-order valence-corrected chi connectivity index (χ1v) is 16.8. The van der Waals surface area contributed by atoms with Gasteiger partial charge in [-0.05, 0) is 45.0 Å². The number of fused-ring (bicyclic) bond motifs is 1. The highest BCUT2D eigenvalue weighted by molar-refractivity contribution is 7.88. The summed E-state index contributed by atoms with van der Waals surface area (Å²) in [5, 5.41) is 25.2. The van der Waals surface area contributed by atoms with Crippen LogP contribution in [0.2, 0.25) is 5.02 Å². The fourth-order valence-corrected chi connectivity index (χ4v) is 6.07. The Balaban J connectivity index is 1.58. The van der Waals surface area contributed by atoms with E-state index < -0.39 is 60.4 Å². The molecule has 1 aromatic carbocycles. The third kappa shape index (κ3) is 7.74. The van der Waals surface area contributed by atoms with Crippen molar-refractivity contribution in [3.63, 3.8) is 0 Å². The summed E-state index contributed by atoms with van der Waals surface area (Å²) in [5.74, 6) is -0.977. The van der Waals surface area contributed by atoms with Crippen molar-refractivity contribution < 1.29 is 46.5 Å². The molecule has 4 rings (SSSR count). The molecule has 1 fully saturated rings. The normalized spacial score (nSPS) is 24.1. The standard InChI is InChI=1S/C23H32ClN8O10PS/c1-5-39-20(34)12(2)30-43(36,42-14-8-6-13(24)7-9-14)40-10-15-17(33)23(3,35)21(41-15)32-11-26-16-18(29-31-44(4,37)38)27-22(25)28-19(16)32/h6-9,11-12,15,17,21,31,33,35H,5,10H2,1-4H3,(H,30,36)(H3,25,27,28,29)/t12?,15?,17-,21-,23-,43?/m1/s1. The summed E-state index contributed by atoms with van der Waals surface area (Å²) in [6, 6.07) is 4.73. The van der Waals surface area contributed by atoms with Gasteiger partial charge in [0.15, 0.2) is 23.2 Å². The molecule has 0 saturated carbocycles. The molecule has 0 spiro atoms. The van der Waals surface area contributed by atoms with E-state index in [1.54, 1.807) is 6.92 Å². The van der Waals surface area contributed by atoms with Gasteiger partial charge in [0.05, 0.1) is 25.8 Å². The van der Waals surface area contributed by atoms with Crippen LogP contribution in [0.25, 0.3) is 11.2 Å². The number of hydrogen-bond acceptors (Lipinski definition) is 15. The van der Waals surface area contributed by atoms with Crippen LogP contribution in [0.5, 0.6) is 5.75 Å². The van der Waals surface area contributed by atoms with Crippen molar-refractivity contribution in [2.24, 2.45) is 0 Å². The zero-order chi connectivity index (χ0) is 32.4. The summed E-state index contributed by atoms with van der Waals surface area (Å²) in [6.07, 6.45) is -2.11. The second kappa shape index (κ2) is 13.1. The number of aliphatic hydroxyl groups excluding tert-OH is 1. The Labute approximate surface area is 256 Å². The fourth-order valence-electron chi connectivity index (χ4n) is 4.16. The van der Waals surface area contributed by atoms with Crippen LogP contribution in [0.15, 0.2) is 30.6 Å². The van der Waals surface area contributed by atoms with E-state index in [0.717, 1.165) is 6.26 Å². The van der Waals surface area contributed by atoms with Crippen LogP contribution in [0.1, 0.15) is 27.0 Å². The number of imidazole rings is 1. The Morgan fingerprint density at radius 2 is 2.00 bits per heavy atom.